The molecule has 0 aliphatic rings. The maximum Gasteiger partial charge on any atom is 0.103 e. The number of hydrogen-bond acceptors (Lipinski definition) is 1. The van der Waals surface area contributed by atoms with Crippen molar-refractivity contribution in [3.8, 4) is 11.1 Å². The third kappa shape index (κ3) is 2.40. The Balaban J connectivity index is 2.38. The standard InChI is InChI=1S/C13H10ClNS/c14-12-3-1-2-11(8-12)9-4-6-10(7-5-9)13(15)16/h1-8H,(H2,15,16). The van der Waals surface area contributed by atoms with Crippen LogP contribution in [0.4, 0.5) is 0 Å². The van der Waals surface area contributed by atoms with Gasteiger partial charge in [-0.1, -0.05) is 60.2 Å². The van der Waals surface area contributed by atoms with Gasteiger partial charge in [-0.05, 0) is 23.3 Å². The Bertz CT molecular complexity index is 520. The molecule has 0 fully saturated rings. The van der Waals surface area contributed by atoms with E-state index in [1.165, 1.54) is 0 Å². The molecule has 0 saturated heterocycles. The van der Waals surface area contributed by atoms with Crippen molar-refractivity contribution in [3.05, 3.63) is 59.1 Å². The first kappa shape index (κ1) is 11.1. The van der Waals surface area contributed by atoms with Crippen LogP contribution in [0.5, 0.6) is 0 Å². The van der Waals surface area contributed by atoms with E-state index in [1.807, 2.05) is 48.5 Å². The summed E-state index contributed by atoms with van der Waals surface area (Å²) < 4.78 is 0. The average molecular weight is 248 g/mol. The van der Waals surface area contributed by atoms with Crippen molar-refractivity contribution in [2.75, 3.05) is 0 Å². The molecular formula is C13H10ClNS. The first-order valence-corrected chi connectivity index (χ1v) is 5.61. The Labute approximate surface area is 105 Å². The van der Waals surface area contributed by atoms with Crippen LogP contribution in [0.1, 0.15) is 5.56 Å². The van der Waals surface area contributed by atoms with E-state index in [0.717, 1.165) is 21.7 Å². The lowest BCUT2D eigenvalue weighted by Gasteiger charge is -2.03. The molecule has 2 rings (SSSR count). The fourth-order valence-electron chi connectivity index (χ4n) is 1.49. The fraction of sp³-hybridized carbons (Fsp3) is 0. The second-order valence-electron chi connectivity index (χ2n) is 3.45. The van der Waals surface area contributed by atoms with Crippen molar-refractivity contribution in [3.63, 3.8) is 0 Å². The predicted molar refractivity (Wildman–Crippen MR) is 72.8 cm³/mol. The molecule has 0 bridgehead atoms. The molecule has 0 saturated carbocycles. The molecule has 0 aliphatic carbocycles. The van der Waals surface area contributed by atoms with Gasteiger partial charge in [0.05, 0.1) is 0 Å². The minimum absolute atomic E-state index is 0.414. The minimum atomic E-state index is 0.414. The SMILES string of the molecule is NC(=S)c1ccc(-c2cccc(Cl)c2)cc1. The first-order valence-electron chi connectivity index (χ1n) is 4.82. The summed E-state index contributed by atoms with van der Waals surface area (Å²) >= 11 is 10.8. The van der Waals surface area contributed by atoms with Gasteiger partial charge < -0.3 is 5.73 Å². The van der Waals surface area contributed by atoms with E-state index >= 15 is 0 Å². The molecule has 2 aromatic rings. The van der Waals surface area contributed by atoms with Crippen molar-refractivity contribution < 1.29 is 0 Å². The smallest absolute Gasteiger partial charge is 0.103 e. The van der Waals surface area contributed by atoms with E-state index in [4.69, 9.17) is 29.6 Å². The monoisotopic (exact) mass is 247 g/mol. The van der Waals surface area contributed by atoms with Gasteiger partial charge in [0, 0.05) is 10.6 Å². The van der Waals surface area contributed by atoms with Crippen LogP contribution in [-0.2, 0) is 0 Å². The third-order valence-corrected chi connectivity index (χ3v) is 2.80. The minimum Gasteiger partial charge on any atom is -0.389 e. The molecule has 0 unspecified atom stereocenters. The number of hydrogen-bond donors (Lipinski definition) is 1. The van der Waals surface area contributed by atoms with Gasteiger partial charge in [0.25, 0.3) is 0 Å². The summed E-state index contributed by atoms with van der Waals surface area (Å²) in [4.78, 5) is 0.414. The number of halogens is 1. The van der Waals surface area contributed by atoms with Crippen molar-refractivity contribution >= 4 is 28.8 Å². The highest BCUT2D eigenvalue weighted by Crippen LogP contribution is 2.22. The molecule has 2 aromatic carbocycles. The molecule has 0 spiro atoms. The van der Waals surface area contributed by atoms with E-state index in [0.29, 0.717) is 4.99 Å². The van der Waals surface area contributed by atoms with Crippen LogP contribution in [0.15, 0.2) is 48.5 Å². The highest BCUT2D eigenvalue weighted by atomic mass is 35.5. The molecule has 0 radical (unpaired) electrons. The van der Waals surface area contributed by atoms with Gasteiger partial charge in [-0.25, -0.2) is 0 Å². The van der Waals surface area contributed by atoms with Crippen LogP contribution < -0.4 is 5.73 Å². The molecular weight excluding hydrogens is 238 g/mol. The fourth-order valence-corrected chi connectivity index (χ4v) is 1.82. The summed E-state index contributed by atoms with van der Waals surface area (Å²) in [5, 5.41) is 0.732. The van der Waals surface area contributed by atoms with Crippen molar-refractivity contribution in [2.24, 2.45) is 5.73 Å². The predicted octanol–water partition coefficient (Wildman–Crippen LogP) is 3.64. The second kappa shape index (κ2) is 4.64. The van der Waals surface area contributed by atoms with Gasteiger partial charge in [0.2, 0.25) is 0 Å². The Kier molecular flexibility index (Phi) is 3.22. The normalized spacial score (nSPS) is 10.1. The van der Waals surface area contributed by atoms with E-state index in [1.54, 1.807) is 0 Å². The summed E-state index contributed by atoms with van der Waals surface area (Å²) in [6.45, 7) is 0. The quantitative estimate of drug-likeness (QED) is 0.820. The van der Waals surface area contributed by atoms with Crippen LogP contribution >= 0.6 is 23.8 Å². The zero-order valence-electron chi connectivity index (χ0n) is 8.48. The summed E-state index contributed by atoms with van der Waals surface area (Å²) in [5.74, 6) is 0. The number of benzene rings is 2. The van der Waals surface area contributed by atoms with E-state index in [-0.39, 0.29) is 0 Å². The molecule has 0 aliphatic heterocycles. The molecule has 0 amide bonds. The van der Waals surface area contributed by atoms with E-state index < -0.39 is 0 Å². The lowest BCUT2D eigenvalue weighted by atomic mass is 10.0. The third-order valence-electron chi connectivity index (χ3n) is 2.33. The topological polar surface area (TPSA) is 26.0 Å². The second-order valence-corrected chi connectivity index (χ2v) is 4.33. The Morgan fingerprint density at radius 1 is 1.00 bits per heavy atom. The molecule has 80 valence electrons. The zero-order valence-corrected chi connectivity index (χ0v) is 10.1. The highest BCUT2D eigenvalue weighted by Gasteiger charge is 2.00. The maximum absolute atomic E-state index is 5.94. The lowest BCUT2D eigenvalue weighted by molar-refractivity contribution is 1.58. The van der Waals surface area contributed by atoms with Crippen molar-refractivity contribution in [2.45, 2.75) is 0 Å². The van der Waals surface area contributed by atoms with Crippen LogP contribution in [0.25, 0.3) is 11.1 Å². The van der Waals surface area contributed by atoms with Crippen LogP contribution in [0.2, 0.25) is 5.02 Å². The molecule has 2 N–H and O–H groups in total. The van der Waals surface area contributed by atoms with Crippen LogP contribution in [0, 0.1) is 0 Å². The number of thiocarbonyl (C=S) groups is 1. The summed E-state index contributed by atoms with van der Waals surface area (Å²) in [7, 11) is 0. The van der Waals surface area contributed by atoms with Gasteiger partial charge in [-0.2, -0.15) is 0 Å². The van der Waals surface area contributed by atoms with Crippen LogP contribution in [0.3, 0.4) is 0 Å². The van der Waals surface area contributed by atoms with Crippen molar-refractivity contribution in [1.29, 1.82) is 0 Å². The molecule has 1 nitrogen and oxygen atoms in total. The lowest BCUT2D eigenvalue weighted by Crippen LogP contribution is -2.08. The molecule has 16 heavy (non-hydrogen) atoms. The van der Waals surface area contributed by atoms with E-state index in [9.17, 15) is 0 Å². The molecule has 3 heteroatoms. The molecule has 0 heterocycles. The molecule has 0 atom stereocenters. The Morgan fingerprint density at radius 3 is 2.25 bits per heavy atom. The zero-order chi connectivity index (χ0) is 11.5. The number of nitrogens with two attached hydrogens (primary N) is 1. The van der Waals surface area contributed by atoms with Gasteiger partial charge in [0.15, 0.2) is 0 Å². The van der Waals surface area contributed by atoms with Gasteiger partial charge in [-0.3, -0.25) is 0 Å². The van der Waals surface area contributed by atoms with Crippen molar-refractivity contribution in [1.82, 2.24) is 0 Å². The Hall–Kier alpha value is -1.38. The van der Waals surface area contributed by atoms with Gasteiger partial charge >= 0.3 is 0 Å². The van der Waals surface area contributed by atoms with E-state index in [2.05, 4.69) is 0 Å². The first-order chi connectivity index (χ1) is 7.66. The Morgan fingerprint density at radius 2 is 1.69 bits per heavy atom. The summed E-state index contributed by atoms with van der Waals surface area (Å²) in [5.41, 5.74) is 8.60. The summed E-state index contributed by atoms with van der Waals surface area (Å²) in [6.07, 6.45) is 0. The highest BCUT2D eigenvalue weighted by molar-refractivity contribution is 7.80. The maximum atomic E-state index is 5.94. The van der Waals surface area contributed by atoms with Gasteiger partial charge in [0.1, 0.15) is 4.99 Å². The largest absolute Gasteiger partial charge is 0.389 e. The van der Waals surface area contributed by atoms with Gasteiger partial charge in [-0.15, -0.1) is 0 Å². The summed E-state index contributed by atoms with van der Waals surface area (Å²) in [6, 6.07) is 15.5. The molecule has 0 aromatic heterocycles. The number of rotatable bonds is 2. The average Bonchev–Trinajstić information content (AvgIpc) is 2.29. The van der Waals surface area contributed by atoms with Crippen LogP contribution in [-0.4, -0.2) is 4.99 Å².